The molecule has 2 N–H and O–H groups in total. The topological polar surface area (TPSA) is 70.0 Å². The standard InChI is InChI=1S/C26H31NO4/c1-2-27(21-10-4-3-5-11-21)24-23(29)18-26(31-25(24)30,20-8-6-7-9-20)17-16-19-12-14-22(28)15-13-19/h3-5,10-15,20,28-29H,2,6-9,16-18H2,1H3/t26-/m0/s1. The highest BCUT2D eigenvalue weighted by Crippen LogP contribution is 2.46. The molecule has 1 heterocycles. The number of rotatable bonds is 7. The Bertz CT molecular complexity index is 932. The van der Waals surface area contributed by atoms with Gasteiger partial charge < -0.3 is 19.8 Å². The van der Waals surface area contributed by atoms with Crippen LogP contribution in [0.4, 0.5) is 5.69 Å². The number of aliphatic hydroxyl groups is 1. The molecule has 1 aliphatic heterocycles. The molecule has 1 atom stereocenters. The van der Waals surface area contributed by atoms with Crippen LogP contribution in [0.2, 0.25) is 0 Å². The van der Waals surface area contributed by atoms with Crippen molar-refractivity contribution in [1.82, 2.24) is 0 Å². The summed E-state index contributed by atoms with van der Waals surface area (Å²) >= 11 is 0. The summed E-state index contributed by atoms with van der Waals surface area (Å²) in [6, 6.07) is 16.8. The van der Waals surface area contributed by atoms with Gasteiger partial charge in [-0.25, -0.2) is 4.79 Å². The minimum atomic E-state index is -0.685. The molecule has 0 aromatic heterocycles. The number of hydrogen-bond acceptors (Lipinski definition) is 5. The number of phenols is 1. The zero-order valence-corrected chi connectivity index (χ0v) is 18.1. The van der Waals surface area contributed by atoms with Crippen molar-refractivity contribution in [3.8, 4) is 5.75 Å². The van der Waals surface area contributed by atoms with E-state index in [2.05, 4.69) is 0 Å². The Morgan fingerprint density at radius 1 is 1.03 bits per heavy atom. The summed E-state index contributed by atoms with van der Waals surface area (Å²) in [7, 11) is 0. The van der Waals surface area contributed by atoms with E-state index in [-0.39, 0.29) is 23.1 Å². The third-order valence-electron chi connectivity index (χ3n) is 6.76. The number of benzene rings is 2. The van der Waals surface area contributed by atoms with Gasteiger partial charge >= 0.3 is 5.97 Å². The first kappa shape index (κ1) is 21.3. The van der Waals surface area contributed by atoms with Crippen molar-refractivity contribution in [2.45, 2.75) is 57.5 Å². The molecular formula is C26H31NO4. The number of aliphatic hydroxyl groups excluding tert-OH is 1. The number of cyclic esters (lactones) is 1. The maximum Gasteiger partial charge on any atom is 0.359 e. The van der Waals surface area contributed by atoms with Crippen LogP contribution in [-0.2, 0) is 16.0 Å². The van der Waals surface area contributed by atoms with Gasteiger partial charge in [-0.05, 0) is 68.4 Å². The molecular weight excluding hydrogens is 390 g/mol. The van der Waals surface area contributed by atoms with E-state index in [4.69, 9.17) is 4.74 Å². The van der Waals surface area contributed by atoms with E-state index in [9.17, 15) is 15.0 Å². The zero-order chi connectivity index (χ0) is 21.8. The van der Waals surface area contributed by atoms with Gasteiger partial charge in [0.25, 0.3) is 0 Å². The summed E-state index contributed by atoms with van der Waals surface area (Å²) in [6.45, 7) is 2.52. The van der Waals surface area contributed by atoms with Crippen LogP contribution in [-0.4, -0.2) is 28.3 Å². The summed E-state index contributed by atoms with van der Waals surface area (Å²) in [5, 5.41) is 20.7. The Kier molecular flexibility index (Phi) is 6.21. The molecule has 0 amide bonds. The smallest absolute Gasteiger partial charge is 0.359 e. The molecule has 1 fully saturated rings. The monoisotopic (exact) mass is 421 g/mol. The second-order valence-corrected chi connectivity index (χ2v) is 8.65. The van der Waals surface area contributed by atoms with Crippen LogP contribution in [0.25, 0.3) is 0 Å². The first-order chi connectivity index (χ1) is 15.0. The summed E-state index contributed by atoms with van der Waals surface area (Å²) in [5.74, 6) is 0.180. The fraction of sp³-hybridized carbons (Fsp3) is 0.423. The molecule has 0 spiro atoms. The molecule has 2 aromatic carbocycles. The van der Waals surface area contributed by atoms with E-state index in [1.165, 1.54) is 0 Å². The number of ether oxygens (including phenoxy) is 1. The van der Waals surface area contributed by atoms with Crippen molar-refractivity contribution in [1.29, 1.82) is 0 Å². The summed E-state index contributed by atoms with van der Waals surface area (Å²) in [4.78, 5) is 15.1. The van der Waals surface area contributed by atoms with Crippen LogP contribution in [0.1, 0.15) is 51.0 Å². The lowest BCUT2D eigenvalue weighted by molar-refractivity contribution is -0.167. The van der Waals surface area contributed by atoms with Gasteiger partial charge in [0.2, 0.25) is 0 Å². The molecule has 1 saturated carbocycles. The number of aryl methyl sites for hydroxylation is 1. The molecule has 5 nitrogen and oxygen atoms in total. The number of para-hydroxylation sites is 1. The predicted octanol–water partition coefficient (Wildman–Crippen LogP) is 5.50. The number of aromatic hydroxyl groups is 1. The summed E-state index contributed by atoms with van der Waals surface area (Å²) < 4.78 is 6.24. The average Bonchev–Trinajstić information content (AvgIpc) is 3.32. The Labute approximate surface area is 184 Å². The van der Waals surface area contributed by atoms with E-state index in [0.29, 0.717) is 19.4 Å². The van der Waals surface area contributed by atoms with E-state index < -0.39 is 11.6 Å². The van der Waals surface area contributed by atoms with Crippen LogP contribution >= 0.6 is 0 Å². The Hall–Kier alpha value is -2.95. The SMILES string of the molecule is CCN(C1=C(O)C[C@@](CCc2ccc(O)cc2)(C2CCCC2)OC1=O)c1ccccc1. The number of carbonyl (C=O) groups excluding carboxylic acids is 1. The molecule has 0 unspecified atom stereocenters. The van der Waals surface area contributed by atoms with Crippen LogP contribution < -0.4 is 4.90 Å². The molecule has 0 saturated heterocycles. The molecule has 0 radical (unpaired) electrons. The number of nitrogens with zero attached hydrogens (tertiary/aromatic N) is 1. The number of likely N-dealkylation sites (N-methyl/N-ethyl adjacent to an activating group) is 1. The van der Waals surface area contributed by atoms with Gasteiger partial charge in [-0.3, -0.25) is 0 Å². The zero-order valence-electron chi connectivity index (χ0n) is 18.1. The Morgan fingerprint density at radius 3 is 2.32 bits per heavy atom. The van der Waals surface area contributed by atoms with Crippen molar-refractivity contribution < 1.29 is 19.7 Å². The van der Waals surface area contributed by atoms with Crippen molar-refractivity contribution in [3.63, 3.8) is 0 Å². The molecule has 5 heteroatoms. The maximum atomic E-state index is 13.3. The van der Waals surface area contributed by atoms with E-state index in [0.717, 1.165) is 43.4 Å². The van der Waals surface area contributed by atoms with Gasteiger partial charge in [-0.15, -0.1) is 0 Å². The van der Waals surface area contributed by atoms with Crippen LogP contribution in [0.3, 0.4) is 0 Å². The number of hydrogen-bond donors (Lipinski definition) is 2. The van der Waals surface area contributed by atoms with Gasteiger partial charge in [0.05, 0.1) is 0 Å². The maximum absolute atomic E-state index is 13.3. The Morgan fingerprint density at radius 2 is 1.71 bits per heavy atom. The minimum Gasteiger partial charge on any atom is -0.510 e. The van der Waals surface area contributed by atoms with Crippen LogP contribution in [0, 0.1) is 5.92 Å². The highest BCUT2D eigenvalue weighted by atomic mass is 16.6. The average molecular weight is 422 g/mol. The lowest BCUT2D eigenvalue weighted by atomic mass is 9.77. The van der Waals surface area contributed by atoms with Crippen LogP contribution in [0.15, 0.2) is 66.1 Å². The molecule has 2 aromatic rings. The number of carbonyl (C=O) groups is 1. The number of anilines is 1. The molecule has 31 heavy (non-hydrogen) atoms. The first-order valence-electron chi connectivity index (χ1n) is 11.3. The molecule has 164 valence electrons. The lowest BCUT2D eigenvalue weighted by Crippen LogP contribution is -2.48. The normalized spacial score (nSPS) is 21.9. The Balaban J connectivity index is 1.63. The third-order valence-corrected chi connectivity index (χ3v) is 6.76. The quantitative estimate of drug-likeness (QED) is 0.578. The lowest BCUT2D eigenvalue weighted by Gasteiger charge is -2.43. The van der Waals surface area contributed by atoms with E-state index in [1.54, 1.807) is 12.1 Å². The minimum absolute atomic E-state index is 0.125. The highest BCUT2D eigenvalue weighted by molar-refractivity contribution is 5.94. The van der Waals surface area contributed by atoms with Gasteiger partial charge in [-0.2, -0.15) is 0 Å². The van der Waals surface area contributed by atoms with Crippen molar-refractivity contribution in [3.05, 3.63) is 71.6 Å². The molecule has 1 aliphatic carbocycles. The van der Waals surface area contributed by atoms with Gasteiger partial charge in [0, 0.05) is 18.7 Å². The first-order valence-corrected chi connectivity index (χ1v) is 11.3. The van der Waals surface area contributed by atoms with E-state index >= 15 is 0 Å². The number of esters is 1. The van der Waals surface area contributed by atoms with Gasteiger partial charge in [0.1, 0.15) is 17.1 Å². The summed E-state index contributed by atoms with van der Waals surface area (Å²) in [5.41, 5.74) is 1.52. The second-order valence-electron chi connectivity index (χ2n) is 8.65. The van der Waals surface area contributed by atoms with Crippen molar-refractivity contribution >= 4 is 11.7 Å². The largest absolute Gasteiger partial charge is 0.510 e. The van der Waals surface area contributed by atoms with Gasteiger partial charge in [-0.1, -0.05) is 43.2 Å². The number of phenolic OH excluding ortho intramolecular Hbond substituents is 1. The summed E-state index contributed by atoms with van der Waals surface area (Å²) in [6.07, 6.45) is 6.02. The second kappa shape index (κ2) is 9.04. The van der Waals surface area contributed by atoms with E-state index in [1.807, 2.05) is 54.3 Å². The molecule has 4 rings (SSSR count). The predicted molar refractivity (Wildman–Crippen MR) is 121 cm³/mol. The van der Waals surface area contributed by atoms with Crippen LogP contribution in [0.5, 0.6) is 5.75 Å². The van der Waals surface area contributed by atoms with Crippen molar-refractivity contribution in [2.24, 2.45) is 5.92 Å². The highest BCUT2D eigenvalue weighted by Gasteiger charge is 2.49. The fourth-order valence-corrected chi connectivity index (χ4v) is 5.14. The third kappa shape index (κ3) is 4.41. The fourth-order valence-electron chi connectivity index (χ4n) is 5.14. The van der Waals surface area contributed by atoms with Gasteiger partial charge in [0.15, 0.2) is 5.70 Å². The van der Waals surface area contributed by atoms with Crippen molar-refractivity contribution in [2.75, 3.05) is 11.4 Å². The molecule has 0 bridgehead atoms. The molecule has 2 aliphatic rings.